The Morgan fingerprint density at radius 2 is 2.05 bits per heavy atom. The van der Waals surface area contributed by atoms with Gasteiger partial charge in [0.05, 0.1) is 0 Å². The number of hydrogen-bond acceptors (Lipinski definition) is 3. The van der Waals surface area contributed by atoms with Gasteiger partial charge in [0.25, 0.3) is 5.91 Å². The molecule has 108 valence electrons. The molecule has 4 heteroatoms. The van der Waals surface area contributed by atoms with E-state index in [4.69, 9.17) is 5.73 Å². The van der Waals surface area contributed by atoms with Crippen molar-refractivity contribution in [2.45, 2.75) is 32.2 Å². The quantitative estimate of drug-likeness (QED) is 0.822. The van der Waals surface area contributed by atoms with Crippen molar-refractivity contribution in [3.63, 3.8) is 0 Å². The van der Waals surface area contributed by atoms with Crippen LogP contribution in [0, 0.1) is 18.8 Å². The summed E-state index contributed by atoms with van der Waals surface area (Å²) in [4.78, 5) is 14.6. The first-order chi connectivity index (χ1) is 9.56. The Kier molecular flexibility index (Phi) is 3.42. The van der Waals surface area contributed by atoms with Crippen molar-refractivity contribution in [1.29, 1.82) is 0 Å². The summed E-state index contributed by atoms with van der Waals surface area (Å²) in [5.41, 5.74) is 7.32. The highest BCUT2D eigenvalue weighted by Crippen LogP contribution is 2.36. The van der Waals surface area contributed by atoms with E-state index in [2.05, 4.69) is 0 Å². The number of hydrogen-bond donors (Lipinski definition) is 2. The van der Waals surface area contributed by atoms with Crippen LogP contribution < -0.4 is 5.73 Å². The van der Waals surface area contributed by atoms with E-state index in [1.54, 1.807) is 25.1 Å². The fourth-order valence-electron chi connectivity index (χ4n) is 3.66. The van der Waals surface area contributed by atoms with Crippen LogP contribution in [0.3, 0.4) is 0 Å². The van der Waals surface area contributed by atoms with E-state index >= 15 is 0 Å². The van der Waals surface area contributed by atoms with E-state index in [9.17, 15) is 9.90 Å². The minimum absolute atomic E-state index is 0.0429. The van der Waals surface area contributed by atoms with Crippen molar-refractivity contribution < 1.29 is 9.90 Å². The number of fused-ring (bicyclic) bond motifs is 1. The summed E-state index contributed by atoms with van der Waals surface area (Å²) in [6.07, 6.45) is 3.25. The van der Waals surface area contributed by atoms with Gasteiger partial charge in [-0.25, -0.2) is 0 Å². The maximum atomic E-state index is 12.6. The van der Waals surface area contributed by atoms with Gasteiger partial charge in [-0.15, -0.1) is 0 Å². The van der Waals surface area contributed by atoms with Crippen molar-refractivity contribution in [3.8, 4) is 5.75 Å². The lowest BCUT2D eigenvalue weighted by Crippen LogP contribution is -2.32. The molecule has 1 amide bonds. The lowest BCUT2D eigenvalue weighted by Gasteiger charge is -2.27. The molecular formula is C16H22N2O2. The van der Waals surface area contributed by atoms with Crippen molar-refractivity contribution in [3.05, 3.63) is 29.3 Å². The first-order valence-electron chi connectivity index (χ1n) is 7.39. The summed E-state index contributed by atoms with van der Waals surface area (Å²) in [5, 5.41) is 9.75. The minimum Gasteiger partial charge on any atom is -0.508 e. The summed E-state index contributed by atoms with van der Waals surface area (Å²) in [6.45, 7) is 3.44. The number of carbonyl (C=O) groups excluding carboxylic acids is 1. The third kappa shape index (κ3) is 2.29. The molecule has 0 aromatic heterocycles. The first kappa shape index (κ1) is 13.4. The molecule has 1 heterocycles. The molecule has 0 bridgehead atoms. The number of amides is 1. The molecular weight excluding hydrogens is 252 g/mol. The smallest absolute Gasteiger partial charge is 0.254 e. The number of phenols is 1. The molecule has 3 N–H and O–H groups in total. The Labute approximate surface area is 119 Å². The molecule has 2 aliphatic rings. The molecule has 4 nitrogen and oxygen atoms in total. The number of likely N-dealkylation sites (tertiary alicyclic amines) is 1. The third-order valence-corrected chi connectivity index (χ3v) is 4.91. The third-order valence-electron chi connectivity index (χ3n) is 4.91. The van der Waals surface area contributed by atoms with E-state index in [1.807, 2.05) is 4.90 Å². The standard InChI is InChI=1S/C16H22N2O2/c1-10-14(3-2-4-15(10)19)16(20)18-8-11-5-6-13(17)7-12(11)9-18/h2-4,11-13,19H,5-9,17H2,1H3/t11-,12+,13?/m1/s1. The van der Waals surface area contributed by atoms with Crippen molar-refractivity contribution >= 4 is 5.91 Å². The highest BCUT2D eigenvalue weighted by atomic mass is 16.3. The summed E-state index contributed by atoms with van der Waals surface area (Å²) in [5.74, 6) is 1.40. The van der Waals surface area contributed by atoms with Gasteiger partial charge in [-0.05, 0) is 50.2 Å². The molecule has 2 fully saturated rings. The van der Waals surface area contributed by atoms with Crippen LogP contribution in [0.4, 0.5) is 0 Å². The number of carbonyl (C=O) groups is 1. The zero-order valence-electron chi connectivity index (χ0n) is 11.9. The molecule has 1 aromatic carbocycles. The normalized spacial score (nSPS) is 29.3. The maximum absolute atomic E-state index is 12.6. The second-order valence-electron chi connectivity index (χ2n) is 6.25. The largest absolute Gasteiger partial charge is 0.508 e. The van der Waals surface area contributed by atoms with Gasteiger partial charge in [-0.3, -0.25) is 4.79 Å². The molecule has 1 unspecified atom stereocenters. The molecule has 0 radical (unpaired) electrons. The molecule has 1 saturated carbocycles. The van der Waals surface area contributed by atoms with Crippen molar-refractivity contribution in [2.75, 3.05) is 13.1 Å². The molecule has 1 aromatic rings. The van der Waals surface area contributed by atoms with E-state index in [-0.39, 0.29) is 11.7 Å². The topological polar surface area (TPSA) is 66.6 Å². The number of nitrogens with two attached hydrogens (primary N) is 1. The number of rotatable bonds is 1. The van der Waals surface area contributed by atoms with E-state index in [1.165, 1.54) is 0 Å². The first-order valence-corrected chi connectivity index (χ1v) is 7.39. The van der Waals surface area contributed by atoms with Gasteiger partial charge in [0, 0.05) is 30.3 Å². The van der Waals surface area contributed by atoms with Gasteiger partial charge < -0.3 is 15.7 Å². The maximum Gasteiger partial charge on any atom is 0.254 e. The van der Waals surface area contributed by atoms with Gasteiger partial charge in [0.2, 0.25) is 0 Å². The number of aromatic hydroxyl groups is 1. The Bertz CT molecular complexity index is 529. The number of benzene rings is 1. The Hall–Kier alpha value is -1.55. The van der Waals surface area contributed by atoms with Gasteiger partial charge in [0.1, 0.15) is 5.75 Å². The fraction of sp³-hybridized carbons (Fsp3) is 0.562. The van der Waals surface area contributed by atoms with Crippen molar-refractivity contribution in [1.82, 2.24) is 4.90 Å². The molecule has 3 rings (SSSR count). The van der Waals surface area contributed by atoms with Gasteiger partial charge in [0.15, 0.2) is 0 Å². The Balaban J connectivity index is 1.77. The van der Waals surface area contributed by atoms with E-state index < -0.39 is 0 Å². The summed E-state index contributed by atoms with van der Waals surface area (Å²) in [6, 6.07) is 5.45. The minimum atomic E-state index is 0.0429. The van der Waals surface area contributed by atoms with Crippen LogP contribution >= 0.6 is 0 Å². The van der Waals surface area contributed by atoms with Crippen LogP contribution in [-0.4, -0.2) is 35.0 Å². The van der Waals surface area contributed by atoms with Crippen LogP contribution in [0.2, 0.25) is 0 Å². The highest BCUT2D eigenvalue weighted by Gasteiger charge is 2.38. The van der Waals surface area contributed by atoms with Crippen LogP contribution in [-0.2, 0) is 0 Å². The van der Waals surface area contributed by atoms with Crippen LogP contribution in [0.5, 0.6) is 5.75 Å². The van der Waals surface area contributed by atoms with Gasteiger partial charge >= 0.3 is 0 Å². The predicted octanol–water partition coefficient (Wildman–Crippen LogP) is 1.90. The van der Waals surface area contributed by atoms with Crippen LogP contribution in [0.25, 0.3) is 0 Å². The molecule has 1 saturated heterocycles. The molecule has 20 heavy (non-hydrogen) atoms. The highest BCUT2D eigenvalue weighted by molar-refractivity contribution is 5.96. The monoisotopic (exact) mass is 274 g/mol. The molecule has 3 atom stereocenters. The van der Waals surface area contributed by atoms with Crippen molar-refractivity contribution in [2.24, 2.45) is 17.6 Å². The SMILES string of the molecule is Cc1c(O)cccc1C(=O)N1C[C@H]2CCC(N)C[C@H]2C1. The zero-order chi connectivity index (χ0) is 14.3. The van der Waals surface area contributed by atoms with Crippen LogP contribution in [0.15, 0.2) is 18.2 Å². The number of phenolic OH excluding ortho intramolecular Hbond substituents is 1. The van der Waals surface area contributed by atoms with Gasteiger partial charge in [-0.1, -0.05) is 6.07 Å². The lowest BCUT2D eigenvalue weighted by molar-refractivity contribution is 0.0782. The van der Waals surface area contributed by atoms with E-state index in [0.717, 1.165) is 32.4 Å². The summed E-state index contributed by atoms with van der Waals surface area (Å²) in [7, 11) is 0. The van der Waals surface area contributed by atoms with E-state index in [0.29, 0.717) is 29.0 Å². The Morgan fingerprint density at radius 3 is 2.85 bits per heavy atom. The summed E-state index contributed by atoms with van der Waals surface area (Å²) < 4.78 is 0. The number of nitrogens with zero attached hydrogens (tertiary/aromatic N) is 1. The van der Waals surface area contributed by atoms with Crippen LogP contribution in [0.1, 0.15) is 35.2 Å². The predicted molar refractivity (Wildman–Crippen MR) is 77.6 cm³/mol. The molecule has 1 aliphatic heterocycles. The average Bonchev–Trinajstić information content (AvgIpc) is 2.84. The second-order valence-corrected chi connectivity index (χ2v) is 6.25. The van der Waals surface area contributed by atoms with Gasteiger partial charge in [-0.2, -0.15) is 0 Å². The Morgan fingerprint density at radius 1 is 1.30 bits per heavy atom. The average molecular weight is 274 g/mol. The lowest BCUT2D eigenvalue weighted by atomic mass is 9.79. The zero-order valence-corrected chi connectivity index (χ0v) is 11.9. The second kappa shape index (κ2) is 5.09. The molecule has 0 spiro atoms. The molecule has 1 aliphatic carbocycles. The summed E-state index contributed by atoms with van der Waals surface area (Å²) >= 11 is 0. The fourth-order valence-corrected chi connectivity index (χ4v) is 3.66.